The van der Waals surface area contributed by atoms with Crippen molar-refractivity contribution in [2.24, 2.45) is 0 Å². The van der Waals surface area contributed by atoms with Crippen LogP contribution in [0.2, 0.25) is 0 Å². The molecule has 2 aromatic heterocycles. The van der Waals surface area contributed by atoms with Crippen LogP contribution in [0.1, 0.15) is 50.7 Å². The predicted molar refractivity (Wildman–Crippen MR) is 101 cm³/mol. The standard InChI is InChI=1S/C20H26N6/c1-5-25(15-16-9-7-6-8-10-16)18(17-11-13-21-14-12-17)19-22-23-24-26(19)20(2,3)4/h6-14,18H,5,15H2,1-4H3/p+1/t18-/m1/s1. The van der Waals surface area contributed by atoms with E-state index in [1.165, 1.54) is 16.0 Å². The van der Waals surface area contributed by atoms with Crippen LogP contribution in [-0.2, 0) is 12.1 Å². The Bertz CT molecular complexity index is 807. The van der Waals surface area contributed by atoms with E-state index in [0.717, 1.165) is 18.9 Å². The summed E-state index contributed by atoms with van der Waals surface area (Å²) in [6, 6.07) is 14.7. The fraction of sp³-hybridized carbons (Fsp3) is 0.400. The molecule has 136 valence electrons. The van der Waals surface area contributed by atoms with Crippen molar-refractivity contribution in [1.82, 2.24) is 25.2 Å². The van der Waals surface area contributed by atoms with E-state index in [2.05, 4.69) is 90.7 Å². The third-order valence-corrected chi connectivity index (χ3v) is 4.56. The van der Waals surface area contributed by atoms with Gasteiger partial charge in [-0.25, -0.2) is 4.68 Å². The molecule has 3 rings (SSSR count). The van der Waals surface area contributed by atoms with Crippen molar-refractivity contribution in [3.05, 3.63) is 71.8 Å². The molecule has 1 aromatic carbocycles. The van der Waals surface area contributed by atoms with Gasteiger partial charge in [0.1, 0.15) is 6.54 Å². The topological polar surface area (TPSA) is 60.9 Å². The van der Waals surface area contributed by atoms with Gasteiger partial charge in [0.2, 0.25) is 5.82 Å². The van der Waals surface area contributed by atoms with Crippen molar-refractivity contribution >= 4 is 0 Å². The molecule has 6 heteroatoms. The lowest BCUT2D eigenvalue weighted by atomic mass is 10.0. The lowest BCUT2D eigenvalue weighted by Gasteiger charge is -2.29. The zero-order valence-corrected chi connectivity index (χ0v) is 15.9. The highest BCUT2D eigenvalue weighted by Crippen LogP contribution is 2.22. The summed E-state index contributed by atoms with van der Waals surface area (Å²) >= 11 is 0. The molecule has 0 saturated carbocycles. The van der Waals surface area contributed by atoms with Crippen molar-refractivity contribution in [1.29, 1.82) is 0 Å². The fourth-order valence-electron chi connectivity index (χ4n) is 3.26. The van der Waals surface area contributed by atoms with Crippen LogP contribution in [-0.4, -0.2) is 31.7 Å². The van der Waals surface area contributed by atoms with Crippen molar-refractivity contribution in [2.75, 3.05) is 6.54 Å². The number of tetrazole rings is 1. The summed E-state index contributed by atoms with van der Waals surface area (Å²) in [5, 5.41) is 12.7. The van der Waals surface area contributed by atoms with E-state index in [4.69, 9.17) is 0 Å². The molecule has 0 aliphatic rings. The minimum Gasteiger partial charge on any atom is -0.319 e. The number of pyridine rings is 1. The molecule has 0 bridgehead atoms. The largest absolute Gasteiger partial charge is 0.319 e. The Morgan fingerprint density at radius 1 is 1.04 bits per heavy atom. The Hall–Kier alpha value is -2.60. The fourth-order valence-corrected chi connectivity index (χ4v) is 3.26. The zero-order chi connectivity index (χ0) is 18.6. The SMILES string of the molecule is CC[NH+](Cc1ccccc1)[C@H](c1ccncc1)c1nnnn1C(C)(C)C. The maximum atomic E-state index is 4.43. The van der Waals surface area contributed by atoms with Gasteiger partial charge in [0.15, 0.2) is 6.04 Å². The molecule has 0 saturated heterocycles. The van der Waals surface area contributed by atoms with Gasteiger partial charge in [-0.2, -0.15) is 0 Å². The van der Waals surface area contributed by atoms with Gasteiger partial charge in [0.05, 0.1) is 12.1 Å². The molecule has 0 radical (unpaired) electrons. The zero-order valence-electron chi connectivity index (χ0n) is 15.9. The van der Waals surface area contributed by atoms with E-state index >= 15 is 0 Å². The van der Waals surface area contributed by atoms with Gasteiger partial charge < -0.3 is 4.90 Å². The molecular weight excluding hydrogens is 324 g/mol. The summed E-state index contributed by atoms with van der Waals surface area (Å²) in [4.78, 5) is 5.57. The molecule has 3 aromatic rings. The Labute approximate surface area is 154 Å². The summed E-state index contributed by atoms with van der Waals surface area (Å²) in [5.41, 5.74) is 2.29. The van der Waals surface area contributed by atoms with Gasteiger partial charge in [-0.15, -0.1) is 5.10 Å². The molecule has 1 N–H and O–H groups in total. The third-order valence-electron chi connectivity index (χ3n) is 4.56. The molecule has 2 atom stereocenters. The number of hydrogen-bond acceptors (Lipinski definition) is 4. The molecule has 0 spiro atoms. The molecule has 0 fully saturated rings. The summed E-state index contributed by atoms with van der Waals surface area (Å²) in [7, 11) is 0. The molecule has 0 aliphatic carbocycles. The summed E-state index contributed by atoms with van der Waals surface area (Å²) < 4.78 is 1.94. The third kappa shape index (κ3) is 3.96. The highest BCUT2D eigenvalue weighted by molar-refractivity contribution is 5.20. The Morgan fingerprint density at radius 3 is 2.35 bits per heavy atom. The second-order valence-corrected chi connectivity index (χ2v) is 7.51. The van der Waals surface area contributed by atoms with Gasteiger partial charge in [-0.3, -0.25) is 4.98 Å². The summed E-state index contributed by atoms with van der Waals surface area (Å²) in [6.07, 6.45) is 3.67. The molecule has 0 amide bonds. The average molecular weight is 351 g/mol. The van der Waals surface area contributed by atoms with Crippen LogP contribution >= 0.6 is 0 Å². The first kappa shape index (κ1) is 18.2. The van der Waals surface area contributed by atoms with Crippen molar-refractivity contribution < 1.29 is 4.90 Å². The van der Waals surface area contributed by atoms with Gasteiger partial charge in [0.25, 0.3) is 0 Å². The van der Waals surface area contributed by atoms with E-state index < -0.39 is 0 Å². The van der Waals surface area contributed by atoms with Crippen LogP contribution in [0.3, 0.4) is 0 Å². The molecule has 1 unspecified atom stereocenters. The highest BCUT2D eigenvalue weighted by atomic mass is 15.6. The van der Waals surface area contributed by atoms with E-state index in [0.29, 0.717) is 0 Å². The number of rotatable bonds is 6. The monoisotopic (exact) mass is 351 g/mol. The van der Waals surface area contributed by atoms with Crippen LogP contribution < -0.4 is 4.90 Å². The Morgan fingerprint density at radius 2 is 1.73 bits per heavy atom. The molecule has 0 aliphatic heterocycles. The average Bonchev–Trinajstić information content (AvgIpc) is 3.13. The summed E-state index contributed by atoms with van der Waals surface area (Å²) in [5.74, 6) is 0.886. The second kappa shape index (κ2) is 7.74. The molecule has 26 heavy (non-hydrogen) atoms. The van der Waals surface area contributed by atoms with Gasteiger partial charge in [-0.1, -0.05) is 30.3 Å². The number of benzene rings is 1. The van der Waals surface area contributed by atoms with E-state index in [1.807, 2.05) is 17.1 Å². The van der Waals surface area contributed by atoms with E-state index in [9.17, 15) is 0 Å². The molecule has 2 heterocycles. The van der Waals surface area contributed by atoms with Crippen molar-refractivity contribution in [3.8, 4) is 0 Å². The number of aromatic nitrogens is 5. The van der Waals surface area contributed by atoms with Crippen LogP contribution in [0, 0.1) is 0 Å². The van der Waals surface area contributed by atoms with Crippen LogP contribution in [0.5, 0.6) is 0 Å². The van der Waals surface area contributed by atoms with E-state index in [1.54, 1.807) is 0 Å². The summed E-state index contributed by atoms with van der Waals surface area (Å²) in [6.45, 7) is 10.4. The molecule has 6 nitrogen and oxygen atoms in total. The van der Waals surface area contributed by atoms with Gasteiger partial charge in [0, 0.05) is 23.5 Å². The highest BCUT2D eigenvalue weighted by Gasteiger charge is 2.33. The lowest BCUT2D eigenvalue weighted by Crippen LogP contribution is -3.11. The first-order valence-corrected chi connectivity index (χ1v) is 9.08. The number of nitrogens with one attached hydrogen (secondary N) is 1. The Balaban J connectivity index is 2.05. The van der Waals surface area contributed by atoms with Crippen molar-refractivity contribution in [3.63, 3.8) is 0 Å². The van der Waals surface area contributed by atoms with Crippen molar-refractivity contribution in [2.45, 2.75) is 45.8 Å². The smallest absolute Gasteiger partial charge is 0.214 e. The van der Waals surface area contributed by atoms with E-state index in [-0.39, 0.29) is 11.6 Å². The molecular formula is C20H27N6+. The van der Waals surface area contributed by atoms with Crippen LogP contribution in [0.15, 0.2) is 54.9 Å². The predicted octanol–water partition coefficient (Wildman–Crippen LogP) is 2.02. The second-order valence-electron chi connectivity index (χ2n) is 7.51. The van der Waals surface area contributed by atoms with Crippen LogP contribution in [0.25, 0.3) is 0 Å². The van der Waals surface area contributed by atoms with Gasteiger partial charge >= 0.3 is 0 Å². The quantitative estimate of drug-likeness (QED) is 0.738. The Kier molecular flexibility index (Phi) is 5.42. The maximum absolute atomic E-state index is 4.43. The first-order valence-electron chi connectivity index (χ1n) is 9.08. The van der Waals surface area contributed by atoms with Crippen LogP contribution in [0.4, 0.5) is 0 Å². The lowest BCUT2D eigenvalue weighted by molar-refractivity contribution is -0.938. The van der Waals surface area contributed by atoms with Gasteiger partial charge in [-0.05, 0) is 50.3 Å². The minimum atomic E-state index is -0.185. The maximum Gasteiger partial charge on any atom is 0.214 e. The number of nitrogens with zero attached hydrogens (tertiary/aromatic N) is 5. The minimum absolute atomic E-state index is 0.0393. The normalized spacial score (nSPS) is 14.2. The first-order chi connectivity index (χ1) is 12.5. The number of quaternary nitrogens is 1. The number of hydrogen-bond donors (Lipinski definition) is 1.